The smallest absolute Gasteiger partial charge is 0.237 e. The van der Waals surface area contributed by atoms with Crippen molar-refractivity contribution in [1.29, 1.82) is 0 Å². The van der Waals surface area contributed by atoms with Gasteiger partial charge in [-0.25, -0.2) is 9.07 Å². The van der Waals surface area contributed by atoms with Gasteiger partial charge in [0.05, 0.1) is 11.7 Å². The molecule has 23 heavy (non-hydrogen) atoms. The highest BCUT2D eigenvalue weighted by molar-refractivity contribution is 5.82. The molecule has 2 N–H and O–H groups in total. The quantitative estimate of drug-likeness (QED) is 0.851. The summed E-state index contributed by atoms with van der Waals surface area (Å²) in [6.07, 6.45) is 3.82. The van der Waals surface area contributed by atoms with Crippen molar-refractivity contribution in [3.63, 3.8) is 0 Å². The van der Waals surface area contributed by atoms with E-state index < -0.39 is 6.04 Å². The van der Waals surface area contributed by atoms with Crippen molar-refractivity contribution in [3.05, 3.63) is 48.0 Å². The molecule has 2 aromatic rings. The standard InChI is InChI=1S/C16H19FN4O2/c17-13-2-3-14(21-7-1-5-19-21)12(10-13)11-20-8-6-18-16(23)15(20)4-9-22/h1-3,5,7,10,15,22H,4,6,8-9,11H2,(H,18,23). The molecule has 1 aromatic carbocycles. The van der Waals surface area contributed by atoms with Crippen LogP contribution in [0.15, 0.2) is 36.7 Å². The monoisotopic (exact) mass is 318 g/mol. The number of carbonyl (C=O) groups excluding carboxylic acids is 1. The third kappa shape index (κ3) is 3.40. The van der Waals surface area contributed by atoms with Gasteiger partial charge in [0.15, 0.2) is 0 Å². The molecular weight excluding hydrogens is 299 g/mol. The number of aromatic nitrogens is 2. The molecule has 1 aliphatic heterocycles. The second kappa shape index (κ2) is 6.89. The van der Waals surface area contributed by atoms with Crippen LogP contribution < -0.4 is 5.32 Å². The minimum Gasteiger partial charge on any atom is -0.396 e. The fourth-order valence-corrected chi connectivity index (χ4v) is 2.92. The number of halogens is 1. The lowest BCUT2D eigenvalue weighted by molar-refractivity contribution is -0.129. The SMILES string of the molecule is O=C1NCCN(Cc2cc(F)ccc2-n2cccn2)C1CCO. The van der Waals surface area contributed by atoms with Crippen LogP contribution >= 0.6 is 0 Å². The Hall–Kier alpha value is -2.25. The number of carbonyl (C=O) groups is 1. The molecule has 0 radical (unpaired) electrons. The maximum absolute atomic E-state index is 13.7. The molecule has 3 rings (SSSR count). The Morgan fingerprint density at radius 3 is 3.04 bits per heavy atom. The zero-order valence-electron chi connectivity index (χ0n) is 12.7. The summed E-state index contributed by atoms with van der Waals surface area (Å²) >= 11 is 0. The van der Waals surface area contributed by atoms with Crippen LogP contribution in [0.2, 0.25) is 0 Å². The summed E-state index contributed by atoms with van der Waals surface area (Å²) < 4.78 is 15.4. The summed E-state index contributed by atoms with van der Waals surface area (Å²) in [5.41, 5.74) is 1.54. The van der Waals surface area contributed by atoms with E-state index in [-0.39, 0.29) is 18.3 Å². The summed E-state index contributed by atoms with van der Waals surface area (Å²) in [7, 11) is 0. The Labute approximate surface area is 133 Å². The molecule has 0 bridgehead atoms. The van der Waals surface area contributed by atoms with E-state index >= 15 is 0 Å². The van der Waals surface area contributed by atoms with Gasteiger partial charge in [-0.15, -0.1) is 0 Å². The van der Waals surface area contributed by atoms with Gasteiger partial charge in [-0.05, 0) is 36.2 Å². The summed E-state index contributed by atoms with van der Waals surface area (Å²) in [6, 6.07) is 5.95. The number of hydrogen-bond acceptors (Lipinski definition) is 4. The first kappa shape index (κ1) is 15.6. The lowest BCUT2D eigenvalue weighted by atomic mass is 10.1. The Bertz CT molecular complexity index is 675. The van der Waals surface area contributed by atoms with Crippen molar-refractivity contribution in [2.75, 3.05) is 19.7 Å². The first-order chi connectivity index (χ1) is 11.2. The largest absolute Gasteiger partial charge is 0.396 e. The highest BCUT2D eigenvalue weighted by Crippen LogP contribution is 2.20. The molecule has 1 unspecified atom stereocenters. The van der Waals surface area contributed by atoms with Gasteiger partial charge >= 0.3 is 0 Å². The minimum atomic E-state index is -0.400. The molecule has 6 nitrogen and oxygen atoms in total. The van der Waals surface area contributed by atoms with Crippen LogP contribution in [0, 0.1) is 5.82 Å². The highest BCUT2D eigenvalue weighted by Gasteiger charge is 2.29. The number of nitrogens with zero attached hydrogens (tertiary/aromatic N) is 3. The van der Waals surface area contributed by atoms with Crippen molar-refractivity contribution in [2.24, 2.45) is 0 Å². The zero-order valence-corrected chi connectivity index (χ0v) is 12.7. The van der Waals surface area contributed by atoms with Gasteiger partial charge in [0.25, 0.3) is 0 Å². The van der Waals surface area contributed by atoms with Crippen LogP contribution in [0.5, 0.6) is 0 Å². The topological polar surface area (TPSA) is 70.4 Å². The number of aliphatic hydroxyl groups excluding tert-OH is 1. The average molecular weight is 318 g/mol. The molecule has 122 valence electrons. The highest BCUT2D eigenvalue weighted by atomic mass is 19.1. The van der Waals surface area contributed by atoms with Gasteiger partial charge in [-0.1, -0.05) is 0 Å². The van der Waals surface area contributed by atoms with E-state index in [2.05, 4.69) is 10.4 Å². The van der Waals surface area contributed by atoms with Crippen LogP contribution in [0.25, 0.3) is 5.69 Å². The predicted molar refractivity (Wildman–Crippen MR) is 82.4 cm³/mol. The fourth-order valence-electron chi connectivity index (χ4n) is 2.92. The van der Waals surface area contributed by atoms with Crippen molar-refractivity contribution in [3.8, 4) is 5.69 Å². The van der Waals surface area contributed by atoms with E-state index in [4.69, 9.17) is 0 Å². The molecule has 0 saturated carbocycles. The molecule has 1 fully saturated rings. The van der Waals surface area contributed by atoms with Gasteiger partial charge in [-0.3, -0.25) is 9.69 Å². The van der Waals surface area contributed by atoms with E-state index in [1.807, 2.05) is 4.90 Å². The Kier molecular flexibility index (Phi) is 4.68. The molecule has 0 spiro atoms. The third-order valence-corrected chi connectivity index (χ3v) is 4.01. The molecule has 1 saturated heterocycles. The van der Waals surface area contributed by atoms with Crippen molar-refractivity contribution in [1.82, 2.24) is 20.0 Å². The summed E-state index contributed by atoms with van der Waals surface area (Å²) in [5, 5.41) is 16.2. The summed E-state index contributed by atoms with van der Waals surface area (Å²) in [6.45, 7) is 1.56. The first-order valence-electron chi connectivity index (χ1n) is 7.60. The molecule has 0 aliphatic carbocycles. The lowest BCUT2D eigenvalue weighted by Crippen LogP contribution is -2.55. The number of rotatable bonds is 5. The normalized spacial score (nSPS) is 18.9. The number of benzene rings is 1. The molecule has 1 atom stereocenters. The number of piperazine rings is 1. The van der Waals surface area contributed by atoms with Crippen molar-refractivity contribution in [2.45, 2.75) is 19.0 Å². The lowest BCUT2D eigenvalue weighted by Gasteiger charge is -2.35. The van der Waals surface area contributed by atoms with E-state index in [1.165, 1.54) is 12.1 Å². The van der Waals surface area contributed by atoms with E-state index in [1.54, 1.807) is 29.2 Å². The number of aliphatic hydroxyl groups is 1. The molecular formula is C16H19FN4O2. The predicted octanol–water partition coefficient (Wildman–Crippen LogP) is 0.694. The maximum Gasteiger partial charge on any atom is 0.237 e. The average Bonchev–Trinajstić information content (AvgIpc) is 3.05. The fraction of sp³-hybridized carbons (Fsp3) is 0.375. The Balaban J connectivity index is 1.89. The summed E-state index contributed by atoms with van der Waals surface area (Å²) in [5.74, 6) is -0.418. The second-order valence-corrected chi connectivity index (χ2v) is 5.51. The van der Waals surface area contributed by atoms with Gasteiger partial charge < -0.3 is 10.4 Å². The van der Waals surface area contributed by atoms with Gasteiger partial charge in [0, 0.05) is 38.6 Å². The summed E-state index contributed by atoms with van der Waals surface area (Å²) in [4.78, 5) is 14.0. The Morgan fingerprint density at radius 1 is 1.43 bits per heavy atom. The minimum absolute atomic E-state index is 0.0657. The van der Waals surface area contributed by atoms with Crippen molar-refractivity contribution >= 4 is 5.91 Å². The molecule has 1 aliphatic rings. The van der Waals surface area contributed by atoms with Crippen LogP contribution in [0.1, 0.15) is 12.0 Å². The first-order valence-corrected chi connectivity index (χ1v) is 7.60. The van der Waals surface area contributed by atoms with Crippen LogP contribution in [-0.4, -0.2) is 51.4 Å². The maximum atomic E-state index is 13.7. The van der Waals surface area contributed by atoms with E-state index in [0.29, 0.717) is 26.1 Å². The van der Waals surface area contributed by atoms with E-state index in [0.717, 1.165) is 11.3 Å². The number of nitrogens with one attached hydrogen (secondary N) is 1. The van der Waals surface area contributed by atoms with Crippen LogP contribution in [0.4, 0.5) is 4.39 Å². The third-order valence-electron chi connectivity index (χ3n) is 4.01. The van der Waals surface area contributed by atoms with Gasteiger partial charge in [0.1, 0.15) is 5.82 Å². The molecule has 2 heterocycles. The van der Waals surface area contributed by atoms with Crippen LogP contribution in [0.3, 0.4) is 0 Å². The van der Waals surface area contributed by atoms with Crippen molar-refractivity contribution < 1.29 is 14.3 Å². The number of amides is 1. The van der Waals surface area contributed by atoms with Gasteiger partial charge in [-0.2, -0.15) is 5.10 Å². The van der Waals surface area contributed by atoms with Gasteiger partial charge in [0.2, 0.25) is 5.91 Å². The molecule has 1 amide bonds. The number of hydrogen-bond donors (Lipinski definition) is 2. The Morgan fingerprint density at radius 2 is 2.30 bits per heavy atom. The zero-order chi connectivity index (χ0) is 16.2. The molecule has 7 heteroatoms. The second-order valence-electron chi connectivity index (χ2n) is 5.51. The molecule has 1 aromatic heterocycles. The van der Waals surface area contributed by atoms with E-state index in [9.17, 15) is 14.3 Å². The van der Waals surface area contributed by atoms with Crippen LogP contribution in [-0.2, 0) is 11.3 Å².